The summed E-state index contributed by atoms with van der Waals surface area (Å²) in [5, 5.41) is 8.96. The normalized spacial score (nSPS) is 16.2. The molecular weight excluding hydrogens is 170 g/mol. The van der Waals surface area contributed by atoms with Gasteiger partial charge >= 0.3 is 0 Å². The quantitative estimate of drug-likeness (QED) is 0.611. The zero-order chi connectivity index (χ0) is 9.80. The smallest absolute Gasteiger partial charge is 0.132 e. The summed E-state index contributed by atoms with van der Waals surface area (Å²) in [4.78, 5) is 0. The lowest BCUT2D eigenvalue weighted by atomic mass is 10.0. The Morgan fingerprint density at radius 3 is 2.50 bits per heavy atom. The fraction of sp³-hybridized carbons (Fsp3) is 0.308. The van der Waals surface area contributed by atoms with Gasteiger partial charge in [-0.1, -0.05) is 42.2 Å². The van der Waals surface area contributed by atoms with Crippen molar-refractivity contribution in [3.05, 3.63) is 35.9 Å². The summed E-state index contributed by atoms with van der Waals surface area (Å²) < 4.78 is 0. The Kier molecular flexibility index (Phi) is 2.52. The van der Waals surface area contributed by atoms with E-state index in [-0.39, 0.29) is 5.92 Å². The molecule has 1 aromatic carbocycles. The molecule has 0 heterocycles. The Bertz CT molecular complexity index is 398. The standard InChI is InChI=1S/C13H11N/c14-10-13(9-8-11-6-7-11)12-4-2-1-3-5-12/h1-5,11,13H,6-7H2. The monoisotopic (exact) mass is 181 g/mol. The number of hydrogen-bond donors (Lipinski definition) is 0. The van der Waals surface area contributed by atoms with Crippen LogP contribution in [0, 0.1) is 29.1 Å². The zero-order valence-electron chi connectivity index (χ0n) is 7.90. The van der Waals surface area contributed by atoms with Crippen molar-refractivity contribution >= 4 is 0 Å². The van der Waals surface area contributed by atoms with E-state index in [2.05, 4.69) is 17.9 Å². The molecule has 0 aliphatic heterocycles. The lowest BCUT2D eigenvalue weighted by molar-refractivity contribution is 1.11. The van der Waals surface area contributed by atoms with Crippen LogP contribution in [0.1, 0.15) is 24.3 Å². The minimum absolute atomic E-state index is 0.253. The van der Waals surface area contributed by atoms with E-state index in [0.29, 0.717) is 5.92 Å². The van der Waals surface area contributed by atoms with Gasteiger partial charge in [0.05, 0.1) is 6.07 Å². The molecule has 14 heavy (non-hydrogen) atoms. The van der Waals surface area contributed by atoms with Crippen LogP contribution in [0.5, 0.6) is 0 Å². The van der Waals surface area contributed by atoms with Gasteiger partial charge in [0.25, 0.3) is 0 Å². The van der Waals surface area contributed by atoms with Crippen molar-refractivity contribution in [3.63, 3.8) is 0 Å². The molecule has 1 unspecified atom stereocenters. The summed E-state index contributed by atoms with van der Waals surface area (Å²) in [6.45, 7) is 0. The van der Waals surface area contributed by atoms with E-state index in [9.17, 15) is 0 Å². The number of rotatable bonds is 1. The molecule has 0 amide bonds. The van der Waals surface area contributed by atoms with Crippen LogP contribution in [0.15, 0.2) is 30.3 Å². The van der Waals surface area contributed by atoms with E-state index in [1.54, 1.807) is 0 Å². The largest absolute Gasteiger partial charge is 0.197 e. The first-order valence-corrected chi connectivity index (χ1v) is 4.86. The Hall–Kier alpha value is -1.73. The van der Waals surface area contributed by atoms with E-state index in [0.717, 1.165) is 5.56 Å². The van der Waals surface area contributed by atoms with Gasteiger partial charge < -0.3 is 0 Å². The summed E-state index contributed by atoms with van der Waals surface area (Å²) in [6.07, 6.45) is 2.42. The first-order valence-electron chi connectivity index (χ1n) is 4.86. The molecule has 2 rings (SSSR count). The summed E-state index contributed by atoms with van der Waals surface area (Å²) in [5.74, 6) is 6.48. The Morgan fingerprint density at radius 2 is 1.93 bits per heavy atom. The predicted molar refractivity (Wildman–Crippen MR) is 55.3 cm³/mol. The second kappa shape index (κ2) is 3.99. The molecule has 1 atom stereocenters. The van der Waals surface area contributed by atoms with E-state index < -0.39 is 0 Å². The number of benzene rings is 1. The molecule has 0 radical (unpaired) electrons. The molecule has 1 aromatic rings. The van der Waals surface area contributed by atoms with E-state index in [4.69, 9.17) is 5.26 Å². The average Bonchev–Trinajstić information content (AvgIpc) is 3.04. The topological polar surface area (TPSA) is 23.8 Å². The van der Waals surface area contributed by atoms with Crippen LogP contribution in [-0.4, -0.2) is 0 Å². The first kappa shape index (κ1) is 8.85. The van der Waals surface area contributed by atoms with Gasteiger partial charge in [-0.3, -0.25) is 0 Å². The maximum Gasteiger partial charge on any atom is 0.132 e. The third-order valence-electron chi connectivity index (χ3n) is 2.27. The van der Waals surface area contributed by atoms with E-state index in [1.807, 2.05) is 30.3 Å². The van der Waals surface area contributed by atoms with Crippen LogP contribution in [0.2, 0.25) is 0 Å². The minimum Gasteiger partial charge on any atom is -0.197 e. The fourth-order valence-corrected chi connectivity index (χ4v) is 1.26. The van der Waals surface area contributed by atoms with Crippen molar-refractivity contribution < 1.29 is 0 Å². The van der Waals surface area contributed by atoms with Gasteiger partial charge in [-0.05, 0) is 18.4 Å². The van der Waals surface area contributed by atoms with E-state index >= 15 is 0 Å². The Labute approximate surface area is 84.4 Å². The second-order valence-corrected chi connectivity index (χ2v) is 3.54. The molecule has 0 bridgehead atoms. The molecule has 1 saturated carbocycles. The second-order valence-electron chi connectivity index (χ2n) is 3.54. The lowest BCUT2D eigenvalue weighted by Crippen LogP contribution is -1.91. The molecule has 1 fully saturated rings. The van der Waals surface area contributed by atoms with Gasteiger partial charge in [0.15, 0.2) is 0 Å². The van der Waals surface area contributed by atoms with Crippen molar-refractivity contribution in [2.24, 2.45) is 5.92 Å². The molecule has 68 valence electrons. The molecule has 0 saturated heterocycles. The summed E-state index contributed by atoms with van der Waals surface area (Å²) >= 11 is 0. The minimum atomic E-state index is -0.253. The SMILES string of the molecule is N#CC(C#CC1CC1)c1ccccc1. The lowest BCUT2D eigenvalue weighted by Gasteiger charge is -1.99. The Morgan fingerprint density at radius 1 is 1.21 bits per heavy atom. The number of nitrogens with zero attached hydrogens (tertiary/aromatic N) is 1. The third-order valence-corrected chi connectivity index (χ3v) is 2.27. The van der Waals surface area contributed by atoms with Crippen molar-refractivity contribution in [3.8, 4) is 17.9 Å². The summed E-state index contributed by atoms with van der Waals surface area (Å²) in [7, 11) is 0. The van der Waals surface area contributed by atoms with Crippen LogP contribution in [0.25, 0.3) is 0 Å². The molecule has 0 N–H and O–H groups in total. The van der Waals surface area contributed by atoms with Crippen LogP contribution < -0.4 is 0 Å². The maximum absolute atomic E-state index is 8.96. The molecule has 1 aliphatic carbocycles. The number of hydrogen-bond acceptors (Lipinski definition) is 1. The highest BCUT2D eigenvalue weighted by Crippen LogP contribution is 2.28. The third kappa shape index (κ3) is 2.15. The zero-order valence-corrected chi connectivity index (χ0v) is 7.90. The molecule has 0 spiro atoms. The van der Waals surface area contributed by atoms with Gasteiger partial charge in [-0.2, -0.15) is 5.26 Å². The van der Waals surface area contributed by atoms with Gasteiger partial charge in [0, 0.05) is 5.92 Å². The van der Waals surface area contributed by atoms with Gasteiger partial charge in [-0.15, -0.1) is 0 Å². The highest BCUT2D eigenvalue weighted by Gasteiger charge is 2.18. The highest BCUT2D eigenvalue weighted by molar-refractivity contribution is 5.34. The molecule has 1 nitrogen and oxygen atoms in total. The summed E-state index contributed by atoms with van der Waals surface area (Å²) in [6, 6.07) is 12.0. The molecule has 1 aliphatic rings. The van der Waals surface area contributed by atoms with Gasteiger partial charge in [0.2, 0.25) is 0 Å². The van der Waals surface area contributed by atoms with Crippen molar-refractivity contribution in [2.75, 3.05) is 0 Å². The highest BCUT2D eigenvalue weighted by atomic mass is 14.3. The van der Waals surface area contributed by atoms with E-state index in [1.165, 1.54) is 12.8 Å². The van der Waals surface area contributed by atoms with Crippen LogP contribution in [0.3, 0.4) is 0 Å². The molecule has 0 aromatic heterocycles. The molecular formula is C13H11N. The Balaban J connectivity index is 2.15. The van der Waals surface area contributed by atoms with Crippen molar-refractivity contribution in [2.45, 2.75) is 18.8 Å². The van der Waals surface area contributed by atoms with Crippen LogP contribution >= 0.6 is 0 Å². The first-order chi connectivity index (χ1) is 6.90. The predicted octanol–water partition coefficient (Wildman–Crippen LogP) is 2.71. The van der Waals surface area contributed by atoms with Crippen molar-refractivity contribution in [1.29, 1.82) is 5.26 Å². The maximum atomic E-state index is 8.96. The van der Waals surface area contributed by atoms with Crippen LogP contribution in [0.4, 0.5) is 0 Å². The van der Waals surface area contributed by atoms with Crippen LogP contribution in [-0.2, 0) is 0 Å². The summed E-state index contributed by atoms with van der Waals surface area (Å²) in [5.41, 5.74) is 1.00. The van der Waals surface area contributed by atoms with Crippen molar-refractivity contribution in [1.82, 2.24) is 0 Å². The van der Waals surface area contributed by atoms with Gasteiger partial charge in [0.1, 0.15) is 5.92 Å². The fourth-order valence-electron chi connectivity index (χ4n) is 1.26. The molecule has 1 heteroatoms. The van der Waals surface area contributed by atoms with Gasteiger partial charge in [-0.25, -0.2) is 0 Å². The average molecular weight is 181 g/mol. The number of nitriles is 1.